The van der Waals surface area contributed by atoms with Crippen LogP contribution in [0.1, 0.15) is 53.4 Å². The fourth-order valence-electron chi connectivity index (χ4n) is 2.50. The van der Waals surface area contributed by atoms with Crippen molar-refractivity contribution in [3.63, 3.8) is 0 Å². The normalized spacial score (nSPS) is 17.7. The maximum atomic E-state index is 11.5. The highest BCUT2D eigenvalue weighted by atomic mass is 16.6. The summed E-state index contributed by atoms with van der Waals surface area (Å²) in [6.07, 6.45) is 4.65. The van der Waals surface area contributed by atoms with E-state index >= 15 is 0 Å². The second kappa shape index (κ2) is 9.26. The molecule has 1 heterocycles. The highest BCUT2D eigenvalue weighted by molar-refractivity contribution is 5.67. The molecule has 1 fully saturated rings. The number of hydrogen-bond acceptors (Lipinski definition) is 4. The van der Waals surface area contributed by atoms with Crippen molar-refractivity contribution in [1.82, 2.24) is 15.5 Å². The van der Waals surface area contributed by atoms with Gasteiger partial charge in [-0.1, -0.05) is 13.3 Å². The zero-order chi connectivity index (χ0) is 15.7. The highest BCUT2D eigenvalue weighted by Gasteiger charge is 2.18. The average molecular weight is 299 g/mol. The summed E-state index contributed by atoms with van der Waals surface area (Å²) in [5, 5.41) is 6.30. The van der Waals surface area contributed by atoms with E-state index in [4.69, 9.17) is 4.74 Å². The maximum absolute atomic E-state index is 11.5. The number of hydrogen-bond donors (Lipinski definition) is 2. The minimum absolute atomic E-state index is 0.335. The van der Waals surface area contributed by atoms with Crippen LogP contribution in [-0.4, -0.2) is 55.4 Å². The fraction of sp³-hybridized carbons (Fsp3) is 0.938. The van der Waals surface area contributed by atoms with Crippen LogP contribution in [-0.2, 0) is 4.74 Å². The molecule has 0 unspecified atom stereocenters. The van der Waals surface area contributed by atoms with Crippen LogP contribution in [0.3, 0.4) is 0 Å². The van der Waals surface area contributed by atoms with Gasteiger partial charge < -0.3 is 20.3 Å². The van der Waals surface area contributed by atoms with Crippen molar-refractivity contribution in [2.45, 2.75) is 65.0 Å². The van der Waals surface area contributed by atoms with Crippen molar-refractivity contribution in [1.29, 1.82) is 0 Å². The zero-order valence-electron chi connectivity index (χ0n) is 14.2. The molecule has 2 N–H and O–H groups in total. The van der Waals surface area contributed by atoms with E-state index in [1.165, 1.54) is 45.3 Å². The number of carbonyl (C=O) groups excluding carboxylic acids is 1. The van der Waals surface area contributed by atoms with Gasteiger partial charge in [-0.3, -0.25) is 0 Å². The van der Waals surface area contributed by atoms with Gasteiger partial charge in [0.1, 0.15) is 5.60 Å². The number of alkyl carbamates (subject to hydrolysis) is 1. The Kier molecular flexibility index (Phi) is 8.04. The Morgan fingerprint density at radius 2 is 1.90 bits per heavy atom. The van der Waals surface area contributed by atoms with Crippen molar-refractivity contribution >= 4 is 6.09 Å². The summed E-state index contributed by atoms with van der Waals surface area (Å²) in [4.78, 5) is 14.0. The van der Waals surface area contributed by atoms with E-state index in [-0.39, 0.29) is 6.09 Å². The van der Waals surface area contributed by atoms with E-state index in [9.17, 15) is 4.79 Å². The van der Waals surface area contributed by atoms with E-state index < -0.39 is 5.60 Å². The van der Waals surface area contributed by atoms with Crippen LogP contribution in [0, 0.1) is 0 Å². The number of piperidine rings is 1. The first-order valence-corrected chi connectivity index (χ1v) is 8.33. The van der Waals surface area contributed by atoms with Gasteiger partial charge >= 0.3 is 6.09 Å². The molecule has 0 aromatic carbocycles. The number of ether oxygens (including phenoxy) is 1. The number of nitrogens with one attached hydrogen (secondary N) is 2. The molecule has 0 saturated carbocycles. The molecule has 1 aliphatic rings. The minimum Gasteiger partial charge on any atom is -0.444 e. The van der Waals surface area contributed by atoms with Gasteiger partial charge in [-0.2, -0.15) is 0 Å². The molecule has 0 bridgehead atoms. The van der Waals surface area contributed by atoms with Gasteiger partial charge in [-0.15, -0.1) is 0 Å². The molecule has 1 amide bonds. The summed E-state index contributed by atoms with van der Waals surface area (Å²) in [7, 11) is 0. The molecule has 0 atom stereocenters. The number of carbonyl (C=O) groups is 1. The summed E-state index contributed by atoms with van der Waals surface area (Å²) < 4.78 is 5.20. The molecule has 1 saturated heterocycles. The first-order valence-electron chi connectivity index (χ1n) is 8.33. The van der Waals surface area contributed by atoms with Gasteiger partial charge in [0.25, 0.3) is 0 Å². The molecular formula is C16H33N3O2. The molecule has 1 aliphatic heterocycles. The van der Waals surface area contributed by atoms with Crippen LogP contribution in [0.5, 0.6) is 0 Å². The SMILES string of the molecule is CCCCN1CCC(NCCNC(=O)OC(C)(C)C)CC1. The highest BCUT2D eigenvalue weighted by Crippen LogP contribution is 2.10. The van der Waals surface area contributed by atoms with Gasteiger partial charge in [-0.25, -0.2) is 4.79 Å². The molecule has 0 aliphatic carbocycles. The number of rotatable bonds is 7. The fourth-order valence-corrected chi connectivity index (χ4v) is 2.50. The van der Waals surface area contributed by atoms with Crippen molar-refractivity contribution in [3.8, 4) is 0 Å². The quantitative estimate of drug-likeness (QED) is 0.709. The number of amides is 1. The monoisotopic (exact) mass is 299 g/mol. The first-order chi connectivity index (χ1) is 9.90. The summed E-state index contributed by atoms with van der Waals surface area (Å²) in [6, 6.07) is 0.586. The van der Waals surface area contributed by atoms with Crippen molar-refractivity contribution in [2.24, 2.45) is 0 Å². The first kappa shape index (κ1) is 18.2. The summed E-state index contributed by atoms with van der Waals surface area (Å²) in [6.45, 7) is 12.9. The predicted molar refractivity (Wildman–Crippen MR) is 86.6 cm³/mol. The minimum atomic E-state index is -0.428. The number of likely N-dealkylation sites (tertiary alicyclic amines) is 1. The number of unbranched alkanes of at least 4 members (excludes halogenated alkanes) is 1. The third-order valence-electron chi connectivity index (χ3n) is 3.64. The third-order valence-corrected chi connectivity index (χ3v) is 3.64. The molecule has 0 spiro atoms. The van der Waals surface area contributed by atoms with Crippen LogP contribution in [0.25, 0.3) is 0 Å². The Hall–Kier alpha value is -0.810. The van der Waals surface area contributed by atoms with Crippen molar-refractivity contribution in [2.75, 3.05) is 32.7 Å². The van der Waals surface area contributed by atoms with Gasteiger partial charge in [0.15, 0.2) is 0 Å². The van der Waals surface area contributed by atoms with E-state index in [1.54, 1.807) is 0 Å². The van der Waals surface area contributed by atoms with E-state index in [0.717, 1.165) is 6.54 Å². The van der Waals surface area contributed by atoms with E-state index in [0.29, 0.717) is 12.6 Å². The summed E-state index contributed by atoms with van der Waals surface area (Å²) in [5.41, 5.74) is -0.428. The van der Waals surface area contributed by atoms with Crippen molar-refractivity contribution < 1.29 is 9.53 Å². The van der Waals surface area contributed by atoms with E-state index in [2.05, 4.69) is 22.5 Å². The Balaban J connectivity index is 2.03. The Morgan fingerprint density at radius 3 is 2.48 bits per heavy atom. The zero-order valence-corrected chi connectivity index (χ0v) is 14.2. The largest absolute Gasteiger partial charge is 0.444 e. The Labute approximate surface area is 129 Å². The van der Waals surface area contributed by atoms with Gasteiger partial charge in [-0.05, 0) is 59.7 Å². The van der Waals surface area contributed by atoms with Crippen LogP contribution >= 0.6 is 0 Å². The molecule has 5 heteroatoms. The molecule has 21 heavy (non-hydrogen) atoms. The van der Waals surface area contributed by atoms with Gasteiger partial charge in [0.2, 0.25) is 0 Å². The lowest BCUT2D eigenvalue weighted by Crippen LogP contribution is -2.45. The maximum Gasteiger partial charge on any atom is 0.407 e. The molecule has 0 aromatic rings. The topological polar surface area (TPSA) is 53.6 Å². The van der Waals surface area contributed by atoms with Crippen LogP contribution in [0.4, 0.5) is 4.79 Å². The molecule has 0 aromatic heterocycles. The smallest absolute Gasteiger partial charge is 0.407 e. The Morgan fingerprint density at radius 1 is 1.24 bits per heavy atom. The summed E-state index contributed by atoms with van der Waals surface area (Å²) in [5.74, 6) is 0. The van der Waals surface area contributed by atoms with Gasteiger partial charge in [0, 0.05) is 19.1 Å². The van der Waals surface area contributed by atoms with Crippen LogP contribution < -0.4 is 10.6 Å². The summed E-state index contributed by atoms with van der Waals surface area (Å²) >= 11 is 0. The lowest BCUT2D eigenvalue weighted by molar-refractivity contribution is 0.0527. The second-order valence-corrected chi connectivity index (χ2v) is 6.85. The lowest BCUT2D eigenvalue weighted by atomic mass is 10.0. The molecule has 5 nitrogen and oxygen atoms in total. The molecule has 1 rings (SSSR count). The van der Waals surface area contributed by atoms with E-state index in [1.807, 2.05) is 20.8 Å². The third kappa shape index (κ3) is 8.94. The second-order valence-electron chi connectivity index (χ2n) is 6.85. The Bertz CT molecular complexity index is 294. The average Bonchev–Trinajstić information content (AvgIpc) is 2.41. The molecule has 0 radical (unpaired) electrons. The lowest BCUT2D eigenvalue weighted by Gasteiger charge is -2.32. The number of nitrogens with zero attached hydrogens (tertiary/aromatic N) is 1. The van der Waals surface area contributed by atoms with Crippen LogP contribution in [0.15, 0.2) is 0 Å². The standard InChI is InChI=1S/C16H33N3O2/c1-5-6-11-19-12-7-14(8-13-19)17-9-10-18-15(20)21-16(2,3)4/h14,17H,5-13H2,1-4H3,(H,18,20). The van der Waals surface area contributed by atoms with Crippen molar-refractivity contribution in [3.05, 3.63) is 0 Å². The predicted octanol–water partition coefficient (Wildman–Crippen LogP) is 2.37. The van der Waals surface area contributed by atoms with Gasteiger partial charge in [0.05, 0.1) is 0 Å². The van der Waals surface area contributed by atoms with Crippen LogP contribution in [0.2, 0.25) is 0 Å². The molecular weight excluding hydrogens is 266 g/mol. The molecule has 124 valence electrons.